The molecule has 0 bridgehead atoms. The first-order chi connectivity index (χ1) is 29.9. The molecule has 0 fully saturated rings. The highest BCUT2D eigenvalue weighted by atomic mass is 15.0. The first-order valence-electron chi connectivity index (χ1n) is 21.4. The summed E-state index contributed by atoms with van der Waals surface area (Å²) in [6.07, 6.45) is 0. The number of hydrogen-bond acceptors (Lipinski definition) is 4. The Balaban J connectivity index is 1.23. The molecule has 0 spiro atoms. The normalized spacial score (nSPS) is 14.1. The summed E-state index contributed by atoms with van der Waals surface area (Å²) in [7, 11) is 0. The van der Waals surface area contributed by atoms with Crippen molar-refractivity contribution in [1.82, 2.24) is 24.1 Å². The molecule has 0 atom stereocenters. The van der Waals surface area contributed by atoms with Crippen LogP contribution in [0.2, 0.25) is 0 Å². The molecule has 0 aliphatic rings. The zero-order valence-electron chi connectivity index (χ0n) is 37.1. The number of nitrogens with zero attached hydrogens (tertiary/aromatic N) is 6. The zero-order valence-corrected chi connectivity index (χ0v) is 27.1. The Morgan fingerprint density at radius 3 is 1.58 bits per heavy atom. The third kappa shape index (κ3) is 4.68. The summed E-state index contributed by atoms with van der Waals surface area (Å²) in [4.78, 5) is 13.5. The maximum atomic E-state index is 10.8. The van der Waals surface area contributed by atoms with Crippen molar-refractivity contribution in [3.05, 3.63) is 175 Å². The molecule has 10 aromatic rings. The number of nitriles is 1. The molecule has 3 aromatic heterocycles. The largest absolute Gasteiger partial charge is 0.309 e. The lowest BCUT2D eigenvalue weighted by atomic mass is 10.1. The lowest BCUT2D eigenvalue weighted by Crippen LogP contribution is -2.02. The van der Waals surface area contributed by atoms with Crippen LogP contribution in [0.1, 0.15) is 19.3 Å². The summed E-state index contributed by atoms with van der Waals surface area (Å²) in [6.45, 7) is 0. The van der Waals surface area contributed by atoms with Crippen molar-refractivity contribution in [1.29, 1.82) is 5.26 Å². The van der Waals surface area contributed by atoms with Crippen LogP contribution in [0, 0.1) is 11.3 Å². The molecule has 6 heteroatoms. The van der Waals surface area contributed by atoms with E-state index in [1.807, 2.05) is 59.2 Å². The van der Waals surface area contributed by atoms with E-state index in [1.165, 1.54) is 0 Å². The zero-order chi connectivity index (χ0) is 43.3. The molecule has 0 unspecified atom stereocenters. The highest BCUT2D eigenvalue weighted by molar-refractivity contribution is 6.19. The smallest absolute Gasteiger partial charge is 0.164 e. The van der Waals surface area contributed by atoms with E-state index < -0.39 is 72.1 Å². The predicted molar refractivity (Wildman–Crippen MR) is 210 cm³/mol. The number of benzene rings is 7. The molecular weight excluding hydrogens is 637 g/mol. The number of hydrogen-bond donors (Lipinski definition) is 0. The fourth-order valence-electron chi connectivity index (χ4n) is 6.96. The van der Waals surface area contributed by atoms with Gasteiger partial charge in [-0.1, -0.05) is 115 Å². The van der Waals surface area contributed by atoms with Crippen LogP contribution >= 0.6 is 0 Å². The summed E-state index contributed by atoms with van der Waals surface area (Å²) in [6, 6.07) is 31.6. The molecule has 6 nitrogen and oxygen atoms in total. The number of para-hydroxylation sites is 3. The van der Waals surface area contributed by atoms with Crippen molar-refractivity contribution in [3.8, 4) is 51.6 Å². The molecule has 0 amide bonds. The number of rotatable bonds is 5. The van der Waals surface area contributed by atoms with Gasteiger partial charge in [-0.25, -0.2) is 15.0 Å². The minimum Gasteiger partial charge on any atom is -0.309 e. The molecule has 0 saturated heterocycles. The molecule has 0 aliphatic heterocycles. The van der Waals surface area contributed by atoms with E-state index in [0.29, 0.717) is 5.69 Å². The van der Waals surface area contributed by atoms with E-state index in [-0.39, 0.29) is 28.1 Å². The summed E-state index contributed by atoms with van der Waals surface area (Å²) >= 11 is 0. The van der Waals surface area contributed by atoms with Crippen molar-refractivity contribution >= 4 is 43.6 Å². The highest BCUT2D eigenvalue weighted by Crippen LogP contribution is 2.40. The average molecular weight is 675 g/mol. The maximum absolute atomic E-state index is 10.8. The Morgan fingerprint density at radius 1 is 0.462 bits per heavy atom. The van der Waals surface area contributed by atoms with Gasteiger partial charge in [0.05, 0.1) is 47.0 Å². The monoisotopic (exact) mass is 674 g/mol. The fraction of sp³-hybridized carbons (Fsp3) is 0. The fourth-order valence-corrected chi connectivity index (χ4v) is 6.96. The van der Waals surface area contributed by atoms with Crippen LogP contribution in [0.5, 0.6) is 0 Å². The van der Waals surface area contributed by atoms with Crippen molar-refractivity contribution in [2.24, 2.45) is 0 Å². The van der Waals surface area contributed by atoms with Gasteiger partial charge in [0, 0.05) is 43.9 Å². The molecule has 3 heterocycles. The van der Waals surface area contributed by atoms with Crippen LogP contribution in [0.25, 0.3) is 89.2 Å². The van der Waals surface area contributed by atoms with Gasteiger partial charge in [0.2, 0.25) is 0 Å². The molecule has 0 aliphatic carbocycles. The molecule has 10 rings (SSSR count). The van der Waals surface area contributed by atoms with Gasteiger partial charge in [-0.3, -0.25) is 0 Å². The second kappa shape index (κ2) is 11.9. The minimum absolute atomic E-state index is 0.136. The van der Waals surface area contributed by atoms with Crippen LogP contribution < -0.4 is 0 Å². The Labute approximate surface area is 313 Å². The molecule has 0 N–H and O–H groups in total. The van der Waals surface area contributed by atoms with Gasteiger partial charge in [-0.15, -0.1) is 0 Å². The van der Waals surface area contributed by atoms with E-state index in [2.05, 4.69) is 62.0 Å². The van der Waals surface area contributed by atoms with Gasteiger partial charge < -0.3 is 9.13 Å². The van der Waals surface area contributed by atoms with E-state index >= 15 is 0 Å². The van der Waals surface area contributed by atoms with E-state index in [0.717, 1.165) is 49.3 Å². The SMILES string of the molecule is [2H]c1c([2H])c([2H])c(-c2nc(-c3ccc(-n4c5ccccc5c5cc6c7ccccc7n(-c7ccccc7)c6cc54)c(C#N)c3)nc(-c3c([2H])c([2H])c([2H])c([2H])c3[2H])n2)c([2H])c1[2H]. The van der Waals surface area contributed by atoms with Crippen LogP contribution in [0.3, 0.4) is 0 Å². The predicted octanol–water partition coefficient (Wildman–Crippen LogP) is 10.9. The van der Waals surface area contributed by atoms with Crippen LogP contribution in [-0.2, 0) is 0 Å². The summed E-state index contributed by atoms with van der Waals surface area (Å²) in [5.74, 6) is -0.920. The van der Waals surface area contributed by atoms with Crippen LogP contribution in [0.4, 0.5) is 0 Å². The molecular formula is C46H28N6. The second-order valence-corrected chi connectivity index (χ2v) is 12.1. The van der Waals surface area contributed by atoms with Gasteiger partial charge >= 0.3 is 0 Å². The van der Waals surface area contributed by atoms with Gasteiger partial charge in [0.1, 0.15) is 6.07 Å². The lowest BCUT2D eigenvalue weighted by Gasteiger charge is -2.13. The summed E-state index contributed by atoms with van der Waals surface area (Å²) in [5.41, 5.74) is 4.94. The maximum Gasteiger partial charge on any atom is 0.164 e. The van der Waals surface area contributed by atoms with Gasteiger partial charge in [-0.2, -0.15) is 5.26 Å². The topological polar surface area (TPSA) is 72.3 Å². The Bertz CT molecular complexity index is 3470. The number of aromatic nitrogens is 5. The van der Waals surface area contributed by atoms with Crippen LogP contribution in [-0.4, -0.2) is 24.1 Å². The van der Waals surface area contributed by atoms with Crippen molar-refractivity contribution in [3.63, 3.8) is 0 Å². The highest BCUT2D eigenvalue weighted by Gasteiger charge is 2.20. The second-order valence-electron chi connectivity index (χ2n) is 12.1. The first-order valence-corrected chi connectivity index (χ1v) is 16.4. The van der Waals surface area contributed by atoms with Crippen molar-refractivity contribution < 1.29 is 13.7 Å². The first kappa shape index (κ1) is 21.0. The van der Waals surface area contributed by atoms with Gasteiger partial charge in [-0.05, 0) is 54.6 Å². The van der Waals surface area contributed by atoms with Crippen LogP contribution in [0.15, 0.2) is 170 Å². The Kier molecular flexibility index (Phi) is 4.81. The van der Waals surface area contributed by atoms with E-state index in [1.54, 1.807) is 18.2 Å². The Hall–Kier alpha value is -7.36. The van der Waals surface area contributed by atoms with Gasteiger partial charge in [0.25, 0.3) is 0 Å². The quantitative estimate of drug-likeness (QED) is 0.182. The summed E-state index contributed by atoms with van der Waals surface area (Å²) in [5, 5.41) is 14.9. The lowest BCUT2D eigenvalue weighted by molar-refractivity contribution is 1.07. The molecule has 0 saturated carbocycles. The van der Waals surface area contributed by atoms with E-state index in [9.17, 15) is 5.26 Å². The standard InChI is InChI=1S/C46H28N6/c47-29-33-26-32(46-49-44(30-14-4-1-5-15-30)48-45(50-46)31-16-6-2-7-17-31)24-25-39(33)52-41-23-13-11-21-36(41)38-27-37-35-20-10-12-22-40(35)51(42(37)28-43(38)52)34-18-8-3-9-19-34/h1-28H/i1D,2D,4D,5D,6D,7D,14D,15D,16D,17D. The Morgan fingerprint density at radius 2 is 0.981 bits per heavy atom. The minimum atomic E-state index is -0.643. The molecule has 0 radical (unpaired) electrons. The third-order valence-corrected chi connectivity index (χ3v) is 9.18. The molecule has 242 valence electrons. The average Bonchev–Trinajstić information content (AvgIpc) is 3.80. The molecule has 52 heavy (non-hydrogen) atoms. The van der Waals surface area contributed by atoms with Crippen molar-refractivity contribution in [2.45, 2.75) is 0 Å². The van der Waals surface area contributed by atoms with Gasteiger partial charge in [0.15, 0.2) is 17.5 Å². The molecule has 7 aromatic carbocycles. The van der Waals surface area contributed by atoms with E-state index in [4.69, 9.17) is 13.7 Å². The van der Waals surface area contributed by atoms with Crippen molar-refractivity contribution in [2.75, 3.05) is 0 Å². The number of fused-ring (bicyclic) bond motifs is 6. The third-order valence-electron chi connectivity index (χ3n) is 9.18. The summed E-state index contributed by atoms with van der Waals surface area (Å²) < 4.78 is 88.4.